The number of hydrogen-bond donors (Lipinski definition) is 0. The highest BCUT2D eigenvalue weighted by molar-refractivity contribution is 5.33. The first-order chi connectivity index (χ1) is 8.83. The van der Waals surface area contributed by atoms with Crippen molar-refractivity contribution in [2.75, 3.05) is 6.54 Å². The number of unbranched alkanes of at least 4 members (excludes halogenated alkanes) is 5. The second-order valence-corrected chi connectivity index (χ2v) is 5.61. The van der Waals surface area contributed by atoms with E-state index in [9.17, 15) is 0 Å². The van der Waals surface area contributed by atoms with Gasteiger partial charge in [-0.1, -0.05) is 63.3 Å². The van der Waals surface area contributed by atoms with Gasteiger partial charge in [0.05, 0.1) is 0 Å². The summed E-state index contributed by atoms with van der Waals surface area (Å²) in [4.78, 5) is 2.63. The highest BCUT2D eigenvalue weighted by atomic mass is 15.2. The van der Waals surface area contributed by atoms with Crippen LogP contribution in [0.25, 0.3) is 0 Å². The Bertz CT molecular complexity index is 358. The predicted octanol–water partition coefficient (Wildman–Crippen LogP) is 4.92. The van der Waals surface area contributed by atoms with Crippen LogP contribution in [0.4, 0.5) is 0 Å². The van der Waals surface area contributed by atoms with E-state index in [2.05, 4.69) is 43.0 Å². The van der Waals surface area contributed by atoms with Gasteiger partial charge in [0.25, 0.3) is 0 Å². The third-order valence-corrected chi connectivity index (χ3v) is 4.23. The van der Waals surface area contributed by atoms with E-state index in [4.69, 9.17) is 0 Å². The molecule has 1 heteroatoms. The smallest absolute Gasteiger partial charge is 0.0326 e. The fourth-order valence-corrected chi connectivity index (χ4v) is 3.01. The summed E-state index contributed by atoms with van der Waals surface area (Å²) in [7, 11) is 0. The minimum absolute atomic E-state index is 0.622. The van der Waals surface area contributed by atoms with Crippen LogP contribution in [0.3, 0.4) is 0 Å². The Morgan fingerprint density at radius 3 is 2.56 bits per heavy atom. The van der Waals surface area contributed by atoms with Crippen LogP contribution in [0.5, 0.6) is 0 Å². The van der Waals surface area contributed by atoms with Gasteiger partial charge in [-0.05, 0) is 31.0 Å². The molecule has 1 atom stereocenters. The second-order valence-electron chi connectivity index (χ2n) is 5.61. The SMILES string of the molecule is CCCCCCCCN1Cc2ccccc2C1C. The molecule has 1 aromatic rings. The monoisotopic (exact) mass is 245 g/mol. The third-order valence-electron chi connectivity index (χ3n) is 4.23. The predicted molar refractivity (Wildman–Crippen MR) is 78.6 cm³/mol. The summed E-state index contributed by atoms with van der Waals surface area (Å²) >= 11 is 0. The van der Waals surface area contributed by atoms with Crippen molar-refractivity contribution >= 4 is 0 Å². The molecule has 0 aromatic heterocycles. The van der Waals surface area contributed by atoms with Crippen LogP contribution in [0, 0.1) is 0 Å². The maximum atomic E-state index is 2.63. The highest BCUT2D eigenvalue weighted by Gasteiger charge is 2.25. The van der Waals surface area contributed by atoms with Crippen molar-refractivity contribution in [3.8, 4) is 0 Å². The maximum Gasteiger partial charge on any atom is 0.0326 e. The summed E-state index contributed by atoms with van der Waals surface area (Å²) in [5.74, 6) is 0. The van der Waals surface area contributed by atoms with E-state index in [0.29, 0.717) is 6.04 Å². The summed E-state index contributed by atoms with van der Waals surface area (Å²) in [5.41, 5.74) is 3.08. The van der Waals surface area contributed by atoms with E-state index in [1.807, 2.05) is 0 Å². The Morgan fingerprint density at radius 1 is 1.06 bits per heavy atom. The molecule has 0 radical (unpaired) electrons. The molecule has 0 fully saturated rings. The molecule has 0 aliphatic carbocycles. The average Bonchev–Trinajstić information content (AvgIpc) is 2.71. The van der Waals surface area contributed by atoms with Gasteiger partial charge in [-0.3, -0.25) is 4.90 Å². The van der Waals surface area contributed by atoms with E-state index < -0.39 is 0 Å². The van der Waals surface area contributed by atoms with Crippen molar-refractivity contribution in [3.05, 3.63) is 35.4 Å². The van der Waals surface area contributed by atoms with E-state index in [-0.39, 0.29) is 0 Å². The largest absolute Gasteiger partial charge is 0.292 e. The minimum Gasteiger partial charge on any atom is -0.292 e. The van der Waals surface area contributed by atoms with Gasteiger partial charge in [-0.2, -0.15) is 0 Å². The highest BCUT2D eigenvalue weighted by Crippen LogP contribution is 2.32. The zero-order chi connectivity index (χ0) is 12.8. The Labute approximate surface area is 112 Å². The molecule has 18 heavy (non-hydrogen) atoms. The standard InChI is InChI=1S/C17H27N/c1-3-4-5-6-7-10-13-18-14-16-11-8-9-12-17(16)15(18)2/h8-9,11-12,15H,3-7,10,13-14H2,1-2H3. The van der Waals surface area contributed by atoms with Crippen LogP contribution in [0.2, 0.25) is 0 Å². The van der Waals surface area contributed by atoms with Crippen molar-refractivity contribution in [1.29, 1.82) is 0 Å². The molecule has 1 unspecified atom stereocenters. The molecule has 0 spiro atoms. The Morgan fingerprint density at radius 2 is 1.78 bits per heavy atom. The lowest BCUT2D eigenvalue weighted by Gasteiger charge is -2.21. The van der Waals surface area contributed by atoms with Gasteiger partial charge in [0.2, 0.25) is 0 Å². The van der Waals surface area contributed by atoms with E-state index in [1.165, 1.54) is 50.6 Å². The number of fused-ring (bicyclic) bond motifs is 1. The summed E-state index contributed by atoms with van der Waals surface area (Å²) in [6.07, 6.45) is 8.36. The summed E-state index contributed by atoms with van der Waals surface area (Å²) in [6.45, 7) is 7.06. The summed E-state index contributed by atoms with van der Waals surface area (Å²) < 4.78 is 0. The molecule has 2 rings (SSSR count). The molecule has 0 N–H and O–H groups in total. The van der Waals surface area contributed by atoms with Gasteiger partial charge in [-0.25, -0.2) is 0 Å². The van der Waals surface area contributed by atoms with Crippen LogP contribution in [-0.4, -0.2) is 11.4 Å². The molecule has 0 bridgehead atoms. The van der Waals surface area contributed by atoms with Crippen molar-refractivity contribution < 1.29 is 0 Å². The third kappa shape index (κ3) is 3.35. The molecular formula is C17H27N. The number of nitrogens with zero attached hydrogens (tertiary/aromatic N) is 1. The van der Waals surface area contributed by atoms with Crippen molar-refractivity contribution in [2.45, 2.75) is 65.0 Å². The van der Waals surface area contributed by atoms with Crippen LogP contribution in [0.15, 0.2) is 24.3 Å². The molecule has 1 aliphatic rings. The average molecular weight is 245 g/mol. The Kier molecular flexibility index (Phi) is 5.25. The summed E-state index contributed by atoms with van der Waals surface area (Å²) in [6, 6.07) is 9.54. The van der Waals surface area contributed by atoms with Crippen molar-refractivity contribution in [2.24, 2.45) is 0 Å². The van der Waals surface area contributed by atoms with Crippen LogP contribution < -0.4 is 0 Å². The molecule has 100 valence electrons. The van der Waals surface area contributed by atoms with Gasteiger partial charge in [0.1, 0.15) is 0 Å². The molecule has 1 heterocycles. The summed E-state index contributed by atoms with van der Waals surface area (Å²) in [5, 5.41) is 0. The lowest BCUT2D eigenvalue weighted by atomic mass is 10.1. The lowest BCUT2D eigenvalue weighted by Crippen LogP contribution is -2.21. The first kappa shape index (κ1) is 13.6. The Balaban J connectivity index is 1.70. The van der Waals surface area contributed by atoms with Gasteiger partial charge in [0.15, 0.2) is 0 Å². The topological polar surface area (TPSA) is 3.24 Å². The molecular weight excluding hydrogens is 218 g/mol. The zero-order valence-electron chi connectivity index (χ0n) is 12.0. The fraction of sp³-hybridized carbons (Fsp3) is 0.647. The molecule has 0 saturated carbocycles. The normalized spacial score (nSPS) is 19.1. The molecule has 1 aliphatic heterocycles. The van der Waals surface area contributed by atoms with E-state index >= 15 is 0 Å². The van der Waals surface area contributed by atoms with Gasteiger partial charge in [0, 0.05) is 12.6 Å². The molecule has 1 nitrogen and oxygen atoms in total. The molecule has 0 amide bonds. The first-order valence-corrected chi connectivity index (χ1v) is 7.64. The van der Waals surface area contributed by atoms with Gasteiger partial charge in [-0.15, -0.1) is 0 Å². The van der Waals surface area contributed by atoms with E-state index in [1.54, 1.807) is 5.56 Å². The second kappa shape index (κ2) is 6.94. The van der Waals surface area contributed by atoms with E-state index in [0.717, 1.165) is 6.54 Å². The number of benzene rings is 1. The number of hydrogen-bond acceptors (Lipinski definition) is 1. The quantitative estimate of drug-likeness (QED) is 0.616. The van der Waals surface area contributed by atoms with Crippen LogP contribution in [0.1, 0.15) is 69.5 Å². The maximum absolute atomic E-state index is 2.63. The van der Waals surface area contributed by atoms with Crippen molar-refractivity contribution in [1.82, 2.24) is 4.90 Å². The zero-order valence-corrected chi connectivity index (χ0v) is 12.0. The fourth-order valence-electron chi connectivity index (χ4n) is 3.01. The van der Waals surface area contributed by atoms with Crippen LogP contribution in [-0.2, 0) is 6.54 Å². The minimum atomic E-state index is 0.622. The Hall–Kier alpha value is -0.820. The van der Waals surface area contributed by atoms with Crippen molar-refractivity contribution in [3.63, 3.8) is 0 Å². The molecule has 0 saturated heterocycles. The van der Waals surface area contributed by atoms with Crippen LogP contribution >= 0.6 is 0 Å². The van der Waals surface area contributed by atoms with Gasteiger partial charge >= 0.3 is 0 Å². The first-order valence-electron chi connectivity index (χ1n) is 7.64. The van der Waals surface area contributed by atoms with Gasteiger partial charge < -0.3 is 0 Å². The lowest BCUT2D eigenvalue weighted by molar-refractivity contribution is 0.224. The number of rotatable bonds is 7. The molecule has 1 aromatic carbocycles.